The third-order valence-electron chi connectivity index (χ3n) is 1.58. The number of hydrogen-bond donors (Lipinski definition) is 2. The summed E-state index contributed by atoms with van der Waals surface area (Å²) >= 11 is 0. The Morgan fingerprint density at radius 2 is 1.67 bits per heavy atom. The van der Waals surface area contributed by atoms with Gasteiger partial charge in [-0.05, 0) is 5.56 Å². The van der Waals surface area contributed by atoms with Crippen molar-refractivity contribution >= 4 is 5.97 Å². The average Bonchev–Trinajstić information content (AvgIpc) is 2.74. The number of hydrogen-bond acceptors (Lipinski definition) is 2. The largest absolute Gasteiger partial charge is 0.748 e. The molecule has 0 aromatic heterocycles. The minimum atomic E-state index is -1.10. The Morgan fingerprint density at radius 1 is 1.20 bits per heavy atom. The van der Waals surface area contributed by atoms with E-state index in [0.29, 0.717) is 0 Å². The molecular weight excluding hydrogens is 236 g/mol. The molecule has 2 rings (SSSR count). The van der Waals surface area contributed by atoms with Crippen LogP contribution in [0.3, 0.4) is 0 Å². The summed E-state index contributed by atoms with van der Waals surface area (Å²) in [4.78, 5) is 10.1. The van der Waals surface area contributed by atoms with Gasteiger partial charge >= 0.3 is 0 Å². The van der Waals surface area contributed by atoms with Crippen molar-refractivity contribution in [1.29, 1.82) is 0 Å². The molecule has 4 heteroatoms. The van der Waals surface area contributed by atoms with E-state index in [-0.39, 0.29) is 28.4 Å². The van der Waals surface area contributed by atoms with E-state index in [4.69, 9.17) is 10.2 Å². The van der Waals surface area contributed by atoms with Crippen molar-refractivity contribution in [3.05, 3.63) is 54.1 Å². The SMILES string of the molecule is O=C(O)[c-]1cccc1O.[Fe].[cH-]1[cH-][cH-][cH-][cH-]1. The van der Waals surface area contributed by atoms with Gasteiger partial charge in [-0.1, -0.05) is 0 Å². The maximum atomic E-state index is 10.1. The predicted molar refractivity (Wildman–Crippen MR) is 52.7 cm³/mol. The molecule has 0 fully saturated rings. The monoisotopic (exact) mass is 246 g/mol. The second-order valence-corrected chi connectivity index (χ2v) is 2.59. The van der Waals surface area contributed by atoms with Crippen molar-refractivity contribution in [2.45, 2.75) is 0 Å². The van der Waals surface area contributed by atoms with Crippen LogP contribution in [0.2, 0.25) is 0 Å². The molecule has 0 saturated carbocycles. The molecule has 0 aliphatic heterocycles. The Bertz CT molecular complexity index is 359. The molecule has 2 N–H and O–H groups in total. The van der Waals surface area contributed by atoms with E-state index >= 15 is 0 Å². The zero-order valence-corrected chi connectivity index (χ0v) is 8.88. The third-order valence-corrected chi connectivity index (χ3v) is 1.58. The van der Waals surface area contributed by atoms with Crippen LogP contribution in [0.5, 0.6) is 5.75 Å². The summed E-state index contributed by atoms with van der Waals surface area (Å²) in [6.45, 7) is 0. The summed E-state index contributed by atoms with van der Waals surface area (Å²) in [5.74, 6) is -1.28. The van der Waals surface area contributed by atoms with Crippen molar-refractivity contribution in [1.82, 2.24) is 0 Å². The standard InChI is InChI=1S/C6H5O3.C5H5.Fe/c7-5-3-1-2-4(5)6(8)9;1-2-4-5-3-1;/h1-3,7H,(H,8,9);1-5H;/q-1;-5;. The van der Waals surface area contributed by atoms with Crippen LogP contribution in [-0.2, 0) is 17.1 Å². The minimum Gasteiger partial charge on any atom is -0.748 e. The first kappa shape index (κ1) is 13.5. The van der Waals surface area contributed by atoms with Gasteiger partial charge in [0.1, 0.15) is 0 Å². The van der Waals surface area contributed by atoms with E-state index in [1.165, 1.54) is 18.2 Å². The van der Waals surface area contributed by atoms with Crippen LogP contribution < -0.4 is 0 Å². The van der Waals surface area contributed by atoms with E-state index in [9.17, 15) is 4.79 Å². The number of carboxylic acids is 1. The second-order valence-electron chi connectivity index (χ2n) is 2.59. The normalized spacial score (nSPS) is 8.27. The molecule has 3 nitrogen and oxygen atoms in total. The van der Waals surface area contributed by atoms with Crippen LogP contribution in [0, 0.1) is 0 Å². The quantitative estimate of drug-likeness (QED) is 0.599. The summed E-state index contributed by atoms with van der Waals surface area (Å²) in [5.41, 5.74) is -0.0463. The summed E-state index contributed by atoms with van der Waals surface area (Å²) in [6, 6.07) is 14.2. The Labute approximate surface area is 98.2 Å². The Balaban J connectivity index is 0.000000280. The molecule has 0 spiro atoms. The van der Waals surface area contributed by atoms with Crippen molar-refractivity contribution < 1.29 is 32.1 Å². The van der Waals surface area contributed by atoms with Gasteiger partial charge in [0.2, 0.25) is 0 Å². The van der Waals surface area contributed by atoms with E-state index in [1.807, 2.05) is 30.3 Å². The van der Waals surface area contributed by atoms with Gasteiger partial charge in [0, 0.05) is 22.8 Å². The Morgan fingerprint density at radius 3 is 1.87 bits per heavy atom. The smallest absolute Gasteiger partial charge is 0.282 e. The number of rotatable bonds is 1. The molecule has 0 aliphatic rings. The van der Waals surface area contributed by atoms with Crippen molar-refractivity contribution in [3.8, 4) is 5.75 Å². The maximum absolute atomic E-state index is 10.1. The third kappa shape index (κ3) is 4.49. The van der Waals surface area contributed by atoms with Crippen LogP contribution in [0.15, 0.2) is 48.5 Å². The van der Waals surface area contributed by atoms with Gasteiger partial charge < -0.3 is 40.5 Å². The molecule has 0 radical (unpaired) electrons. The van der Waals surface area contributed by atoms with Crippen molar-refractivity contribution in [3.63, 3.8) is 0 Å². The van der Waals surface area contributed by atoms with Crippen LogP contribution in [0.25, 0.3) is 0 Å². The van der Waals surface area contributed by atoms with E-state index in [1.54, 1.807) is 0 Å². The molecule has 0 saturated heterocycles. The molecule has 0 unspecified atom stereocenters. The summed E-state index contributed by atoms with van der Waals surface area (Å²) in [6.07, 6.45) is 0. The zero-order chi connectivity index (χ0) is 10.4. The molecule has 2 aromatic rings. The fraction of sp³-hybridized carbons (Fsp3) is 0. The summed E-state index contributed by atoms with van der Waals surface area (Å²) in [7, 11) is 0. The molecule has 15 heavy (non-hydrogen) atoms. The molecule has 0 heterocycles. The van der Waals surface area contributed by atoms with Gasteiger partial charge in [-0.15, -0.1) is 0 Å². The van der Waals surface area contributed by atoms with Crippen LogP contribution in [0.4, 0.5) is 0 Å². The molecule has 0 bridgehead atoms. The molecule has 0 aliphatic carbocycles. The van der Waals surface area contributed by atoms with E-state index in [2.05, 4.69) is 0 Å². The van der Waals surface area contributed by atoms with Crippen LogP contribution in [-0.4, -0.2) is 16.2 Å². The van der Waals surface area contributed by atoms with Gasteiger partial charge in [-0.2, -0.15) is 12.1 Å². The first-order valence-electron chi connectivity index (χ1n) is 4.06. The number of carbonyl (C=O) groups is 1. The Hall–Kier alpha value is -1.51. The summed E-state index contributed by atoms with van der Waals surface area (Å²) in [5, 5.41) is 17.0. The van der Waals surface area contributed by atoms with Gasteiger partial charge in [-0.3, -0.25) is 4.79 Å². The second kappa shape index (κ2) is 6.87. The molecule has 0 atom stereocenters. The van der Waals surface area contributed by atoms with Gasteiger partial charge in [-0.25, -0.2) is 6.07 Å². The number of aromatic hydroxyl groups is 1. The number of carboxylic acid groups (broad SMARTS) is 1. The van der Waals surface area contributed by atoms with Gasteiger partial charge in [0.15, 0.2) is 0 Å². The fourth-order valence-corrected chi connectivity index (χ4v) is 0.912. The molecule has 2 aromatic carbocycles. The van der Waals surface area contributed by atoms with E-state index in [0.717, 1.165) is 0 Å². The minimum absolute atomic E-state index is 0. The van der Waals surface area contributed by atoms with Crippen LogP contribution >= 0.6 is 0 Å². The molecule has 0 amide bonds. The number of aromatic carboxylic acids is 1. The van der Waals surface area contributed by atoms with Gasteiger partial charge in [0.25, 0.3) is 5.97 Å². The molecular formula is C11H10FeO3-6. The van der Waals surface area contributed by atoms with Crippen molar-refractivity contribution in [2.24, 2.45) is 0 Å². The predicted octanol–water partition coefficient (Wildman–Crippen LogP) is 2.21. The Kier molecular flexibility index (Phi) is 6.18. The maximum Gasteiger partial charge on any atom is 0.282 e. The van der Waals surface area contributed by atoms with Crippen LogP contribution in [0.1, 0.15) is 10.4 Å². The fourth-order valence-electron chi connectivity index (χ4n) is 0.912. The summed E-state index contributed by atoms with van der Waals surface area (Å²) < 4.78 is 0. The van der Waals surface area contributed by atoms with Gasteiger partial charge in [0.05, 0.1) is 0 Å². The topological polar surface area (TPSA) is 57.5 Å². The van der Waals surface area contributed by atoms with E-state index < -0.39 is 5.97 Å². The van der Waals surface area contributed by atoms with Crippen molar-refractivity contribution in [2.75, 3.05) is 0 Å². The average molecular weight is 246 g/mol. The molecule has 86 valence electrons. The first-order valence-corrected chi connectivity index (χ1v) is 4.06. The zero-order valence-electron chi connectivity index (χ0n) is 7.78. The first-order chi connectivity index (χ1) is 6.72.